The minimum Gasteiger partial charge on any atom is -0.480 e. The minimum absolute atomic E-state index is 0.219. The van der Waals surface area contributed by atoms with Gasteiger partial charge in [0.1, 0.15) is 0 Å². The molecule has 16 heavy (non-hydrogen) atoms. The predicted molar refractivity (Wildman–Crippen MR) is 62.5 cm³/mol. The van der Waals surface area contributed by atoms with Crippen LogP contribution in [0, 0.1) is 5.92 Å². The Kier molecular flexibility index (Phi) is 4.18. The maximum absolute atomic E-state index is 10.6. The van der Waals surface area contributed by atoms with Gasteiger partial charge in [-0.2, -0.15) is 0 Å². The number of aliphatic carboxylic acids is 1. The second-order valence-electron chi connectivity index (χ2n) is 5.12. The maximum Gasteiger partial charge on any atom is 0.317 e. The first-order valence-corrected chi connectivity index (χ1v) is 6.40. The average Bonchev–Trinajstić information content (AvgIpc) is 2.73. The molecule has 0 atom stereocenters. The van der Waals surface area contributed by atoms with E-state index in [-0.39, 0.29) is 6.54 Å². The fraction of sp³-hybridized carbons (Fsp3) is 0.917. The number of nitrogens with zero attached hydrogens (tertiary/aromatic N) is 2. The van der Waals surface area contributed by atoms with Crippen LogP contribution in [0.4, 0.5) is 0 Å². The fourth-order valence-electron chi connectivity index (χ4n) is 2.85. The van der Waals surface area contributed by atoms with Gasteiger partial charge in [-0.15, -0.1) is 0 Å². The van der Waals surface area contributed by atoms with Crippen LogP contribution in [0.5, 0.6) is 0 Å². The van der Waals surface area contributed by atoms with Crippen LogP contribution in [-0.4, -0.2) is 60.1 Å². The van der Waals surface area contributed by atoms with E-state index < -0.39 is 5.97 Å². The number of carboxylic acids is 1. The lowest BCUT2D eigenvalue weighted by molar-refractivity contribution is -0.138. The van der Waals surface area contributed by atoms with Crippen molar-refractivity contribution in [1.82, 2.24) is 9.80 Å². The Morgan fingerprint density at radius 3 is 2.25 bits per heavy atom. The zero-order valence-electron chi connectivity index (χ0n) is 9.90. The molecule has 2 aliphatic heterocycles. The Morgan fingerprint density at radius 1 is 1.06 bits per heavy atom. The van der Waals surface area contributed by atoms with Crippen molar-refractivity contribution in [3.63, 3.8) is 0 Å². The molecule has 0 radical (unpaired) electrons. The standard InChI is InChI=1S/C12H22N2O2/c15-12(16)10-14-7-3-11(4-8-14)9-13-5-1-2-6-13/h11H,1-10H2,(H,15,16). The first-order valence-electron chi connectivity index (χ1n) is 6.40. The number of piperidine rings is 1. The second kappa shape index (κ2) is 5.64. The van der Waals surface area contributed by atoms with Crippen LogP contribution in [-0.2, 0) is 4.79 Å². The third kappa shape index (κ3) is 3.46. The van der Waals surface area contributed by atoms with Crippen molar-refractivity contribution in [2.75, 3.05) is 39.3 Å². The summed E-state index contributed by atoms with van der Waals surface area (Å²) < 4.78 is 0. The van der Waals surface area contributed by atoms with E-state index in [2.05, 4.69) is 9.80 Å². The molecule has 2 saturated heterocycles. The lowest BCUT2D eigenvalue weighted by atomic mass is 9.96. The SMILES string of the molecule is O=C(O)CN1CCC(CN2CCCC2)CC1. The van der Waals surface area contributed by atoms with Gasteiger partial charge in [-0.1, -0.05) is 0 Å². The molecule has 2 heterocycles. The molecule has 0 saturated carbocycles. The number of carbonyl (C=O) groups is 1. The van der Waals surface area contributed by atoms with Crippen LogP contribution >= 0.6 is 0 Å². The first kappa shape index (κ1) is 11.9. The third-order valence-electron chi connectivity index (χ3n) is 3.78. The van der Waals surface area contributed by atoms with Crippen molar-refractivity contribution in [2.45, 2.75) is 25.7 Å². The van der Waals surface area contributed by atoms with Gasteiger partial charge in [-0.3, -0.25) is 9.69 Å². The normalized spacial score (nSPS) is 25.0. The van der Waals surface area contributed by atoms with Gasteiger partial charge >= 0.3 is 5.97 Å². The van der Waals surface area contributed by atoms with E-state index in [1.807, 2.05) is 0 Å². The monoisotopic (exact) mass is 226 g/mol. The van der Waals surface area contributed by atoms with Crippen LogP contribution < -0.4 is 0 Å². The predicted octanol–water partition coefficient (Wildman–Crippen LogP) is 0.879. The van der Waals surface area contributed by atoms with E-state index in [1.165, 1.54) is 45.3 Å². The number of hydrogen-bond acceptors (Lipinski definition) is 3. The van der Waals surface area contributed by atoms with Crippen molar-refractivity contribution < 1.29 is 9.90 Å². The van der Waals surface area contributed by atoms with Gasteiger partial charge in [0.05, 0.1) is 6.54 Å². The summed E-state index contributed by atoms with van der Waals surface area (Å²) in [6.07, 6.45) is 5.06. The Hall–Kier alpha value is -0.610. The lowest BCUT2D eigenvalue weighted by Crippen LogP contribution is -2.40. The Morgan fingerprint density at radius 2 is 1.69 bits per heavy atom. The van der Waals surface area contributed by atoms with Crippen LogP contribution in [0.15, 0.2) is 0 Å². The molecule has 0 aromatic carbocycles. The van der Waals surface area contributed by atoms with Gasteiger partial charge in [0.2, 0.25) is 0 Å². The van der Waals surface area contributed by atoms with E-state index in [4.69, 9.17) is 5.11 Å². The molecular formula is C12H22N2O2. The highest BCUT2D eigenvalue weighted by atomic mass is 16.4. The molecular weight excluding hydrogens is 204 g/mol. The zero-order valence-corrected chi connectivity index (χ0v) is 9.90. The summed E-state index contributed by atoms with van der Waals surface area (Å²) >= 11 is 0. The molecule has 1 N–H and O–H groups in total. The molecule has 0 amide bonds. The molecule has 0 aliphatic carbocycles. The molecule has 0 spiro atoms. The maximum atomic E-state index is 10.6. The van der Waals surface area contributed by atoms with Crippen LogP contribution in [0.25, 0.3) is 0 Å². The molecule has 92 valence electrons. The van der Waals surface area contributed by atoms with E-state index in [1.54, 1.807) is 0 Å². The number of likely N-dealkylation sites (tertiary alicyclic amines) is 2. The highest BCUT2D eigenvalue weighted by Crippen LogP contribution is 2.20. The van der Waals surface area contributed by atoms with Crippen molar-refractivity contribution in [3.05, 3.63) is 0 Å². The van der Waals surface area contributed by atoms with E-state index in [9.17, 15) is 4.79 Å². The summed E-state index contributed by atoms with van der Waals surface area (Å²) in [6, 6.07) is 0. The van der Waals surface area contributed by atoms with Crippen molar-refractivity contribution in [3.8, 4) is 0 Å². The van der Waals surface area contributed by atoms with Crippen LogP contribution in [0.1, 0.15) is 25.7 Å². The van der Waals surface area contributed by atoms with Gasteiger partial charge in [-0.25, -0.2) is 0 Å². The fourth-order valence-corrected chi connectivity index (χ4v) is 2.85. The summed E-state index contributed by atoms with van der Waals surface area (Å²) in [5.41, 5.74) is 0. The Balaban J connectivity index is 1.66. The average molecular weight is 226 g/mol. The molecule has 0 aromatic rings. The van der Waals surface area contributed by atoms with Crippen molar-refractivity contribution in [2.24, 2.45) is 5.92 Å². The van der Waals surface area contributed by atoms with Crippen LogP contribution in [0.2, 0.25) is 0 Å². The Labute approximate surface area is 97.2 Å². The molecule has 2 fully saturated rings. The van der Waals surface area contributed by atoms with Gasteiger partial charge < -0.3 is 10.0 Å². The topological polar surface area (TPSA) is 43.8 Å². The van der Waals surface area contributed by atoms with E-state index >= 15 is 0 Å². The molecule has 0 bridgehead atoms. The van der Waals surface area contributed by atoms with Gasteiger partial charge in [0, 0.05) is 6.54 Å². The molecule has 4 nitrogen and oxygen atoms in total. The number of carboxylic acid groups (broad SMARTS) is 1. The third-order valence-corrected chi connectivity index (χ3v) is 3.78. The summed E-state index contributed by atoms with van der Waals surface area (Å²) in [4.78, 5) is 15.2. The van der Waals surface area contributed by atoms with E-state index in [0.29, 0.717) is 0 Å². The van der Waals surface area contributed by atoms with Crippen molar-refractivity contribution in [1.29, 1.82) is 0 Å². The highest BCUT2D eigenvalue weighted by molar-refractivity contribution is 5.69. The quantitative estimate of drug-likeness (QED) is 0.773. The molecule has 2 aliphatic rings. The van der Waals surface area contributed by atoms with Gasteiger partial charge in [-0.05, 0) is 57.8 Å². The minimum atomic E-state index is -0.696. The summed E-state index contributed by atoms with van der Waals surface area (Å²) in [5.74, 6) is 0.0983. The van der Waals surface area contributed by atoms with Crippen LogP contribution in [0.3, 0.4) is 0 Å². The van der Waals surface area contributed by atoms with Gasteiger partial charge in [0.25, 0.3) is 0 Å². The number of rotatable bonds is 4. The first-order chi connectivity index (χ1) is 7.74. The molecule has 0 unspecified atom stereocenters. The second-order valence-corrected chi connectivity index (χ2v) is 5.12. The highest BCUT2D eigenvalue weighted by Gasteiger charge is 2.23. The van der Waals surface area contributed by atoms with Gasteiger partial charge in [0.15, 0.2) is 0 Å². The van der Waals surface area contributed by atoms with Crippen molar-refractivity contribution >= 4 is 5.97 Å². The lowest BCUT2D eigenvalue weighted by Gasteiger charge is -2.32. The molecule has 0 aromatic heterocycles. The molecule has 2 rings (SSSR count). The van der Waals surface area contributed by atoms with E-state index in [0.717, 1.165) is 19.0 Å². The Bertz CT molecular complexity index is 231. The largest absolute Gasteiger partial charge is 0.480 e. The number of hydrogen-bond donors (Lipinski definition) is 1. The summed E-state index contributed by atoms with van der Waals surface area (Å²) in [5, 5.41) is 8.71. The smallest absolute Gasteiger partial charge is 0.317 e. The zero-order chi connectivity index (χ0) is 11.4. The molecule has 4 heteroatoms. The summed E-state index contributed by atoms with van der Waals surface area (Å²) in [6.45, 7) is 5.93. The summed E-state index contributed by atoms with van der Waals surface area (Å²) in [7, 11) is 0.